The fourth-order valence-corrected chi connectivity index (χ4v) is 4.51. The maximum absolute atomic E-state index is 12.6. The summed E-state index contributed by atoms with van der Waals surface area (Å²) in [5.41, 5.74) is 2.72. The van der Waals surface area contributed by atoms with Gasteiger partial charge in [0.2, 0.25) is 10.0 Å². The highest BCUT2D eigenvalue weighted by atomic mass is 32.2. The van der Waals surface area contributed by atoms with Crippen LogP contribution in [0.15, 0.2) is 47.4 Å². The van der Waals surface area contributed by atoms with E-state index in [1.807, 2.05) is 0 Å². The first kappa shape index (κ1) is 18.3. The summed E-state index contributed by atoms with van der Waals surface area (Å²) in [6, 6.07) is 13.2. The SMILES string of the molecule is O=S(=O)(NCCN1CCc2ccccc2C1)c1ccc2c(c1)OCCCO2. The molecule has 1 N–H and O–H groups in total. The average Bonchev–Trinajstić information content (AvgIpc) is 2.92. The lowest BCUT2D eigenvalue weighted by Crippen LogP contribution is -2.37. The minimum atomic E-state index is -3.58. The van der Waals surface area contributed by atoms with Crippen molar-refractivity contribution in [1.82, 2.24) is 9.62 Å². The molecule has 0 saturated heterocycles. The monoisotopic (exact) mass is 388 g/mol. The van der Waals surface area contributed by atoms with Gasteiger partial charge < -0.3 is 9.47 Å². The fraction of sp³-hybridized carbons (Fsp3) is 0.400. The van der Waals surface area contributed by atoms with Crippen molar-refractivity contribution in [3.05, 3.63) is 53.6 Å². The van der Waals surface area contributed by atoms with E-state index >= 15 is 0 Å². The number of hydrogen-bond acceptors (Lipinski definition) is 5. The average molecular weight is 388 g/mol. The van der Waals surface area contributed by atoms with Crippen molar-refractivity contribution < 1.29 is 17.9 Å². The van der Waals surface area contributed by atoms with Crippen molar-refractivity contribution in [3.8, 4) is 11.5 Å². The predicted molar refractivity (Wildman–Crippen MR) is 103 cm³/mol. The normalized spacial score (nSPS) is 17.2. The molecule has 2 aliphatic rings. The van der Waals surface area contributed by atoms with Gasteiger partial charge in [-0.05, 0) is 29.7 Å². The lowest BCUT2D eigenvalue weighted by atomic mass is 10.0. The van der Waals surface area contributed by atoms with E-state index in [1.54, 1.807) is 18.2 Å². The number of fused-ring (bicyclic) bond motifs is 2. The van der Waals surface area contributed by atoms with Crippen molar-refractivity contribution in [3.63, 3.8) is 0 Å². The van der Waals surface area contributed by atoms with Crippen molar-refractivity contribution >= 4 is 10.0 Å². The molecule has 27 heavy (non-hydrogen) atoms. The lowest BCUT2D eigenvalue weighted by molar-refractivity contribution is 0.258. The molecule has 0 unspecified atom stereocenters. The number of benzene rings is 2. The molecule has 2 heterocycles. The highest BCUT2D eigenvalue weighted by molar-refractivity contribution is 7.89. The maximum atomic E-state index is 12.6. The molecule has 7 heteroatoms. The highest BCUT2D eigenvalue weighted by Crippen LogP contribution is 2.31. The van der Waals surface area contributed by atoms with Gasteiger partial charge in [-0.3, -0.25) is 4.90 Å². The fourth-order valence-electron chi connectivity index (χ4n) is 3.48. The van der Waals surface area contributed by atoms with Crippen LogP contribution in [0.1, 0.15) is 17.5 Å². The number of sulfonamides is 1. The van der Waals surface area contributed by atoms with Crippen LogP contribution in [0.4, 0.5) is 0 Å². The van der Waals surface area contributed by atoms with Gasteiger partial charge >= 0.3 is 0 Å². The van der Waals surface area contributed by atoms with Crippen LogP contribution < -0.4 is 14.2 Å². The topological polar surface area (TPSA) is 67.9 Å². The minimum Gasteiger partial charge on any atom is -0.490 e. The van der Waals surface area contributed by atoms with E-state index in [4.69, 9.17) is 9.47 Å². The summed E-state index contributed by atoms with van der Waals surface area (Å²) < 4.78 is 39.1. The smallest absolute Gasteiger partial charge is 0.240 e. The molecule has 0 bridgehead atoms. The Morgan fingerprint density at radius 1 is 1.00 bits per heavy atom. The molecule has 4 rings (SSSR count). The summed E-state index contributed by atoms with van der Waals surface area (Å²) in [6.07, 6.45) is 1.79. The highest BCUT2D eigenvalue weighted by Gasteiger charge is 2.20. The molecule has 2 aliphatic heterocycles. The van der Waals surface area contributed by atoms with Crippen LogP contribution in [0.3, 0.4) is 0 Å². The molecule has 6 nitrogen and oxygen atoms in total. The van der Waals surface area contributed by atoms with E-state index in [1.165, 1.54) is 11.1 Å². The summed E-state index contributed by atoms with van der Waals surface area (Å²) in [6.45, 7) is 3.97. The quantitative estimate of drug-likeness (QED) is 0.850. The number of rotatable bonds is 5. The first-order valence-corrected chi connectivity index (χ1v) is 10.8. The van der Waals surface area contributed by atoms with Crippen LogP contribution in [0.25, 0.3) is 0 Å². The Morgan fingerprint density at radius 2 is 1.78 bits per heavy atom. The van der Waals surface area contributed by atoms with E-state index in [2.05, 4.69) is 33.9 Å². The van der Waals surface area contributed by atoms with Gasteiger partial charge in [0.25, 0.3) is 0 Å². The Kier molecular flexibility index (Phi) is 5.33. The van der Waals surface area contributed by atoms with Gasteiger partial charge in [0.1, 0.15) is 0 Å². The summed E-state index contributed by atoms with van der Waals surface area (Å²) in [5.74, 6) is 1.08. The zero-order valence-electron chi connectivity index (χ0n) is 15.2. The first-order chi connectivity index (χ1) is 13.1. The van der Waals surface area contributed by atoms with Crippen LogP contribution in [-0.2, 0) is 23.0 Å². The summed E-state index contributed by atoms with van der Waals surface area (Å²) in [4.78, 5) is 2.48. The number of ether oxygens (including phenoxy) is 2. The Bertz CT molecular complexity index is 914. The first-order valence-electron chi connectivity index (χ1n) is 9.30. The second-order valence-corrected chi connectivity index (χ2v) is 8.62. The van der Waals surface area contributed by atoms with Crippen LogP contribution in [0.5, 0.6) is 11.5 Å². The second kappa shape index (κ2) is 7.88. The maximum Gasteiger partial charge on any atom is 0.240 e. The molecule has 0 radical (unpaired) electrons. The third kappa shape index (κ3) is 4.26. The van der Waals surface area contributed by atoms with E-state index < -0.39 is 10.0 Å². The van der Waals surface area contributed by atoms with E-state index in [-0.39, 0.29) is 4.90 Å². The molecule has 2 aromatic carbocycles. The van der Waals surface area contributed by atoms with E-state index in [0.29, 0.717) is 37.8 Å². The molecule has 144 valence electrons. The molecule has 0 aromatic heterocycles. The van der Waals surface area contributed by atoms with Crippen molar-refractivity contribution in [2.24, 2.45) is 0 Å². The summed E-state index contributed by atoms with van der Waals surface area (Å²) in [5, 5.41) is 0. The van der Waals surface area contributed by atoms with Gasteiger partial charge in [-0.2, -0.15) is 0 Å². The standard InChI is InChI=1S/C20H24N2O4S/c23-27(24,18-6-7-19-20(14-18)26-13-3-12-25-19)21-9-11-22-10-8-16-4-1-2-5-17(16)15-22/h1-2,4-7,14,21H,3,8-13,15H2. The molecular weight excluding hydrogens is 364 g/mol. The molecule has 0 fully saturated rings. The summed E-state index contributed by atoms with van der Waals surface area (Å²) >= 11 is 0. The van der Waals surface area contributed by atoms with Gasteiger partial charge in [0.15, 0.2) is 11.5 Å². The predicted octanol–water partition coefficient (Wildman–Crippen LogP) is 2.18. The molecule has 2 aromatic rings. The largest absolute Gasteiger partial charge is 0.490 e. The van der Waals surface area contributed by atoms with Gasteiger partial charge in [-0.25, -0.2) is 13.1 Å². The summed E-state index contributed by atoms with van der Waals surface area (Å²) in [7, 11) is -3.58. The van der Waals surface area contributed by atoms with Gasteiger partial charge in [-0.15, -0.1) is 0 Å². The minimum absolute atomic E-state index is 0.204. The van der Waals surface area contributed by atoms with Crippen molar-refractivity contribution in [1.29, 1.82) is 0 Å². The van der Waals surface area contributed by atoms with Gasteiger partial charge in [0, 0.05) is 38.7 Å². The van der Waals surface area contributed by atoms with E-state index in [9.17, 15) is 8.42 Å². The third-order valence-electron chi connectivity index (χ3n) is 4.96. The van der Waals surface area contributed by atoms with Crippen molar-refractivity contribution in [2.75, 3.05) is 32.8 Å². The zero-order chi connectivity index (χ0) is 18.7. The van der Waals surface area contributed by atoms with Crippen LogP contribution in [0, 0.1) is 0 Å². The third-order valence-corrected chi connectivity index (χ3v) is 6.42. The second-order valence-electron chi connectivity index (χ2n) is 6.85. The molecule has 0 saturated carbocycles. The number of nitrogens with zero attached hydrogens (tertiary/aromatic N) is 1. The number of hydrogen-bond donors (Lipinski definition) is 1. The molecule has 0 spiro atoms. The molecule has 0 atom stereocenters. The van der Waals surface area contributed by atoms with Gasteiger partial charge in [0.05, 0.1) is 18.1 Å². The van der Waals surface area contributed by atoms with Gasteiger partial charge in [-0.1, -0.05) is 24.3 Å². The lowest BCUT2D eigenvalue weighted by Gasteiger charge is -2.28. The molecule has 0 amide bonds. The Hall–Kier alpha value is -2.09. The van der Waals surface area contributed by atoms with E-state index in [0.717, 1.165) is 25.9 Å². The Labute approximate surface area is 160 Å². The molecule has 0 aliphatic carbocycles. The Balaban J connectivity index is 1.36. The van der Waals surface area contributed by atoms with Crippen molar-refractivity contribution in [2.45, 2.75) is 24.3 Å². The van der Waals surface area contributed by atoms with Crippen LogP contribution in [0.2, 0.25) is 0 Å². The zero-order valence-corrected chi connectivity index (χ0v) is 16.0. The molecular formula is C20H24N2O4S. The van der Waals surface area contributed by atoms with Crippen LogP contribution >= 0.6 is 0 Å². The number of nitrogens with one attached hydrogen (secondary N) is 1. The van der Waals surface area contributed by atoms with Crippen LogP contribution in [-0.4, -0.2) is 46.2 Å². The Morgan fingerprint density at radius 3 is 2.63 bits per heavy atom.